The summed E-state index contributed by atoms with van der Waals surface area (Å²) in [6.07, 6.45) is 2.11. The lowest BCUT2D eigenvalue weighted by Crippen LogP contribution is -2.36. The third-order valence-corrected chi connectivity index (χ3v) is 4.00. The highest BCUT2D eigenvalue weighted by atomic mass is 16.5. The van der Waals surface area contributed by atoms with Crippen LogP contribution in [0.2, 0.25) is 0 Å². The van der Waals surface area contributed by atoms with E-state index in [9.17, 15) is 9.59 Å². The van der Waals surface area contributed by atoms with Gasteiger partial charge in [0.15, 0.2) is 11.2 Å². The van der Waals surface area contributed by atoms with Crippen molar-refractivity contribution in [2.45, 2.75) is 12.8 Å². The minimum Gasteiger partial charge on any atom is -0.465 e. The second-order valence-electron chi connectivity index (χ2n) is 5.44. The Morgan fingerprint density at radius 1 is 1.33 bits per heavy atom. The lowest BCUT2D eigenvalue weighted by Gasteiger charge is -2.07. The highest BCUT2D eigenvalue weighted by molar-refractivity contribution is 5.70. The van der Waals surface area contributed by atoms with E-state index in [0.29, 0.717) is 18.2 Å². The van der Waals surface area contributed by atoms with Gasteiger partial charge in [0.25, 0.3) is 11.6 Å². The van der Waals surface area contributed by atoms with Gasteiger partial charge in [-0.15, -0.1) is 0 Å². The summed E-state index contributed by atoms with van der Waals surface area (Å²) in [5.41, 5.74) is -0.184. The first-order valence-electron chi connectivity index (χ1n) is 7.07. The second kappa shape index (κ2) is 5.36. The van der Waals surface area contributed by atoms with E-state index in [1.54, 1.807) is 7.05 Å². The van der Waals surface area contributed by atoms with Gasteiger partial charge >= 0.3 is 5.69 Å². The first-order chi connectivity index (χ1) is 10.1. The van der Waals surface area contributed by atoms with E-state index >= 15 is 0 Å². The SMILES string of the molecule is Cn1c(=O)c2[nH]c(OCCC3CCNC3)nc2n(C)c1=O. The summed E-state index contributed by atoms with van der Waals surface area (Å²) in [6, 6.07) is 0.286. The Bertz CT molecular complexity index is 766. The van der Waals surface area contributed by atoms with Crippen molar-refractivity contribution in [2.75, 3.05) is 19.7 Å². The molecule has 2 aromatic rings. The Morgan fingerprint density at radius 2 is 2.14 bits per heavy atom. The van der Waals surface area contributed by atoms with Crippen molar-refractivity contribution in [2.24, 2.45) is 20.0 Å². The molecule has 0 saturated carbocycles. The van der Waals surface area contributed by atoms with Gasteiger partial charge in [0.05, 0.1) is 6.61 Å². The third kappa shape index (κ3) is 2.46. The molecule has 1 atom stereocenters. The zero-order valence-corrected chi connectivity index (χ0v) is 12.2. The largest absolute Gasteiger partial charge is 0.465 e. The summed E-state index contributed by atoms with van der Waals surface area (Å²) in [4.78, 5) is 30.9. The van der Waals surface area contributed by atoms with Crippen LogP contribution in [0, 0.1) is 5.92 Å². The summed E-state index contributed by atoms with van der Waals surface area (Å²) in [5.74, 6) is 0.631. The molecule has 8 heteroatoms. The van der Waals surface area contributed by atoms with Crippen molar-refractivity contribution in [3.63, 3.8) is 0 Å². The smallest absolute Gasteiger partial charge is 0.332 e. The van der Waals surface area contributed by atoms with E-state index in [0.717, 1.165) is 24.1 Å². The van der Waals surface area contributed by atoms with Crippen LogP contribution in [0.4, 0.5) is 0 Å². The molecule has 0 aliphatic carbocycles. The van der Waals surface area contributed by atoms with Crippen LogP contribution in [0.5, 0.6) is 6.01 Å². The van der Waals surface area contributed by atoms with E-state index in [1.807, 2.05) is 0 Å². The van der Waals surface area contributed by atoms with Crippen LogP contribution in [0.1, 0.15) is 12.8 Å². The minimum atomic E-state index is -0.400. The fraction of sp³-hybridized carbons (Fsp3) is 0.615. The maximum atomic E-state index is 12.0. The molecule has 2 aromatic heterocycles. The lowest BCUT2D eigenvalue weighted by atomic mass is 10.1. The lowest BCUT2D eigenvalue weighted by molar-refractivity contribution is 0.266. The molecule has 1 fully saturated rings. The van der Waals surface area contributed by atoms with Crippen molar-refractivity contribution in [3.05, 3.63) is 20.8 Å². The number of hydrogen-bond donors (Lipinski definition) is 2. The molecule has 8 nitrogen and oxygen atoms in total. The molecule has 3 heterocycles. The van der Waals surface area contributed by atoms with Gasteiger partial charge in [0.2, 0.25) is 0 Å². The van der Waals surface area contributed by atoms with E-state index in [1.165, 1.54) is 18.0 Å². The predicted octanol–water partition coefficient (Wildman–Crippen LogP) is -0.661. The van der Waals surface area contributed by atoms with Crippen LogP contribution in [-0.4, -0.2) is 38.8 Å². The van der Waals surface area contributed by atoms with Crippen LogP contribution in [0.3, 0.4) is 0 Å². The number of hydrogen-bond acceptors (Lipinski definition) is 5. The number of nitrogens with one attached hydrogen (secondary N) is 2. The van der Waals surface area contributed by atoms with Gasteiger partial charge in [-0.3, -0.25) is 13.9 Å². The molecule has 0 aromatic carbocycles. The molecule has 0 spiro atoms. The first kappa shape index (κ1) is 13.9. The molecule has 0 bridgehead atoms. The maximum absolute atomic E-state index is 12.0. The average Bonchev–Trinajstić information content (AvgIpc) is 3.12. The molecule has 0 radical (unpaired) electrons. The van der Waals surface area contributed by atoms with Crippen LogP contribution in [-0.2, 0) is 14.1 Å². The Balaban J connectivity index is 1.81. The summed E-state index contributed by atoms with van der Waals surface area (Å²) in [7, 11) is 3.03. The number of H-pyrrole nitrogens is 1. The zero-order chi connectivity index (χ0) is 15.0. The molecule has 3 rings (SSSR count). The topological polar surface area (TPSA) is 93.9 Å². The van der Waals surface area contributed by atoms with E-state index in [-0.39, 0.29) is 11.5 Å². The number of aryl methyl sites for hydroxylation is 1. The Labute approximate surface area is 120 Å². The molecule has 1 unspecified atom stereocenters. The molecule has 0 amide bonds. The molecule has 21 heavy (non-hydrogen) atoms. The summed E-state index contributed by atoms with van der Waals surface area (Å²) < 4.78 is 7.97. The zero-order valence-electron chi connectivity index (χ0n) is 12.2. The molecule has 1 aliphatic rings. The van der Waals surface area contributed by atoms with Crippen molar-refractivity contribution in [1.82, 2.24) is 24.4 Å². The van der Waals surface area contributed by atoms with E-state index in [2.05, 4.69) is 15.3 Å². The van der Waals surface area contributed by atoms with Crippen molar-refractivity contribution < 1.29 is 4.74 Å². The van der Waals surface area contributed by atoms with Gasteiger partial charge in [-0.2, -0.15) is 4.98 Å². The number of fused-ring (bicyclic) bond motifs is 1. The summed E-state index contributed by atoms with van der Waals surface area (Å²) in [6.45, 7) is 2.63. The molecule has 114 valence electrons. The van der Waals surface area contributed by atoms with Crippen LogP contribution < -0.4 is 21.3 Å². The van der Waals surface area contributed by atoms with Crippen LogP contribution in [0.15, 0.2) is 9.59 Å². The number of ether oxygens (including phenoxy) is 1. The molecular weight excluding hydrogens is 274 g/mol. The molecule has 1 saturated heterocycles. The fourth-order valence-corrected chi connectivity index (χ4v) is 2.66. The van der Waals surface area contributed by atoms with Gasteiger partial charge in [0.1, 0.15) is 0 Å². The summed E-state index contributed by atoms with van der Waals surface area (Å²) in [5, 5.41) is 3.31. The quantitative estimate of drug-likeness (QED) is 0.780. The van der Waals surface area contributed by atoms with Gasteiger partial charge in [0, 0.05) is 14.1 Å². The first-order valence-corrected chi connectivity index (χ1v) is 7.07. The number of imidazole rings is 1. The van der Waals surface area contributed by atoms with Crippen molar-refractivity contribution in [1.29, 1.82) is 0 Å². The molecular formula is C13H19N5O3. The highest BCUT2D eigenvalue weighted by Gasteiger charge is 2.16. The van der Waals surface area contributed by atoms with Crippen LogP contribution >= 0.6 is 0 Å². The van der Waals surface area contributed by atoms with E-state index < -0.39 is 11.2 Å². The van der Waals surface area contributed by atoms with Crippen molar-refractivity contribution in [3.8, 4) is 6.01 Å². The molecule has 1 aliphatic heterocycles. The van der Waals surface area contributed by atoms with Gasteiger partial charge < -0.3 is 15.0 Å². The highest BCUT2D eigenvalue weighted by Crippen LogP contribution is 2.14. The third-order valence-electron chi connectivity index (χ3n) is 4.00. The number of aromatic nitrogens is 4. The Hall–Kier alpha value is -2.09. The van der Waals surface area contributed by atoms with Gasteiger partial charge in [-0.05, 0) is 31.8 Å². The van der Waals surface area contributed by atoms with Gasteiger partial charge in [-0.25, -0.2) is 4.79 Å². The van der Waals surface area contributed by atoms with E-state index in [4.69, 9.17) is 4.74 Å². The number of nitrogens with zero attached hydrogens (tertiary/aromatic N) is 3. The molecule has 2 N–H and O–H groups in total. The number of rotatable bonds is 4. The Kier molecular flexibility index (Phi) is 3.54. The number of aromatic amines is 1. The minimum absolute atomic E-state index is 0.286. The fourth-order valence-electron chi connectivity index (χ4n) is 2.66. The normalized spacial score (nSPS) is 18.5. The maximum Gasteiger partial charge on any atom is 0.332 e. The standard InChI is InChI=1S/C13H19N5O3/c1-17-10-9(11(19)18(2)13(17)20)15-12(16-10)21-6-4-8-3-5-14-7-8/h8,14H,3-7H2,1-2H3,(H,15,16). The Morgan fingerprint density at radius 3 is 2.86 bits per heavy atom. The van der Waals surface area contributed by atoms with Crippen molar-refractivity contribution >= 4 is 11.2 Å². The second-order valence-corrected chi connectivity index (χ2v) is 5.44. The van der Waals surface area contributed by atoms with Gasteiger partial charge in [-0.1, -0.05) is 0 Å². The monoisotopic (exact) mass is 293 g/mol. The predicted molar refractivity (Wildman–Crippen MR) is 77.7 cm³/mol. The summed E-state index contributed by atoms with van der Waals surface area (Å²) >= 11 is 0. The van der Waals surface area contributed by atoms with Crippen LogP contribution in [0.25, 0.3) is 11.2 Å². The average molecular weight is 293 g/mol.